The van der Waals surface area contributed by atoms with E-state index < -0.39 is 11.7 Å². The van der Waals surface area contributed by atoms with E-state index in [4.69, 9.17) is 4.74 Å². The summed E-state index contributed by atoms with van der Waals surface area (Å²) in [6, 6.07) is 12.9. The molecule has 0 amide bonds. The predicted octanol–water partition coefficient (Wildman–Crippen LogP) is 4.58. The number of anilines is 1. The van der Waals surface area contributed by atoms with Gasteiger partial charge in [-0.1, -0.05) is 30.3 Å². The molecule has 35 heavy (non-hydrogen) atoms. The van der Waals surface area contributed by atoms with Crippen molar-refractivity contribution in [2.24, 2.45) is 0 Å². The molecule has 1 N–H and O–H groups in total. The van der Waals surface area contributed by atoms with Crippen LogP contribution in [-0.2, 0) is 12.8 Å². The molecule has 10 heteroatoms. The summed E-state index contributed by atoms with van der Waals surface area (Å²) in [4.78, 5) is 6.54. The largest absolute Gasteiger partial charge is 0.488 e. The lowest BCUT2D eigenvalue weighted by molar-refractivity contribution is -0.137. The summed E-state index contributed by atoms with van der Waals surface area (Å²) in [7, 11) is 1.96. The average Bonchev–Trinajstić information content (AvgIpc) is 3.37. The molecule has 2 aromatic carbocycles. The molecule has 182 valence electrons. The Morgan fingerprint density at radius 2 is 1.97 bits per heavy atom. The van der Waals surface area contributed by atoms with Crippen molar-refractivity contribution in [2.75, 3.05) is 25.0 Å². The summed E-state index contributed by atoms with van der Waals surface area (Å²) in [6.07, 6.45) is 0.955. The number of hydrogen-bond acceptors (Lipinski definition) is 6. The highest BCUT2D eigenvalue weighted by Gasteiger charge is 2.32. The Morgan fingerprint density at radius 1 is 1.14 bits per heavy atom. The minimum Gasteiger partial charge on any atom is -0.488 e. The summed E-state index contributed by atoms with van der Waals surface area (Å²) < 4.78 is 48.1. The van der Waals surface area contributed by atoms with Gasteiger partial charge in [-0.25, -0.2) is 4.98 Å². The van der Waals surface area contributed by atoms with Crippen LogP contribution in [0.1, 0.15) is 24.0 Å². The van der Waals surface area contributed by atoms with Gasteiger partial charge >= 0.3 is 6.18 Å². The second-order valence-electron chi connectivity index (χ2n) is 8.56. The van der Waals surface area contributed by atoms with Gasteiger partial charge in [-0.2, -0.15) is 13.2 Å². The molecule has 1 atom stereocenters. The van der Waals surface area contributed by atoms with Gasteiger partial charge in [-0.15, -0.1) is 10.2 Å². The smallest absolute Gasteiger partial charge is 0.416 e. The molecule has 0 bridgehead atoms. The van der Waals surface area contributed by atoms with Gasteiger partial charge in [-0.05, 0) is 43.1 Å². The van der Waals surface area contributed by atoms with Crippen molar-refractivity contribution in [1.29, 1.82) is 0 Å². The van der Waals surface area contributed by atoms with Crippen LogP contribution in [0.25, 0.3) is 17.0 Å². The molecule has 4 aromatic rings. The van der Waals surface area contributed by atoms with Gasteiger partial charge in [0.2, 0.25) is 0 Å². The predicted molar refractivity (Wildman–Crippen MR) is 126 cm³/mol. The Bertz CT molecular complexity index is 1300. The maximum atomic E-state index is 13.5. The zero-order chi connectivity index (χ0) is 24.4. The van der Waals surface area contributed by atoms with Crippen molar-refractivity contribution >= 4 is 11.5 Å². The molecule has 0 aliphatic carbocycles. The molecule has 5 rings (SSSR count). The van der Waals surface area contributed by atoms with Crippen LogP contribution in [0.2, 0.25) is 0 Å². The first-order chi connectivity index (χ1) is 16.9. The quantitative estimate of drug-likeness (QED) is 0.434. The number of ether oxygens (including phenoxy) is 1. The third kappa shape index (κ3) is 4.79. The lowest BCUT2D eigenvalue weighted by Crippen LogP contribution is -2.44. The monoisotopic (exact) mass is 482 g/mol. The van der Waals surface area contributed by atoms with Gasteiger partial charge in [-0.3, -0.25) is 4.40 Å². The molecule has 0 radical (unpaired) electrons. The fraction of sp³-hybridized carbons (Fsp3) is 0.320. The average molecular weight is 483 g/mol. The summed E-state index contributed by atoms with van der Waals surface area (Å²) >= 11 is 0. The third-order valence-corrected chi connectivity index (χ3v) is 6.25. The molecule has 7 nitrogen and oxygen atoms in total. The molecule has 1 saturated heterocycles. The molecule has 1 aliphatic heterocycles. The van der Waals surface area contributed by atoms with Crippen molar-refractivity contribution in [3.63, 3.8) is 0 Å². The van der Waals surface area contributed by atoms with Crippen LogP contribution in [0, 0.1) is 0 Å². The van der Waals surface area contributed by atoms with E-state index in [1.54, 1.807) is 16.8 Å². The molecule has 0 spiro atoms. The van der Waals surface area contributed by atoms with Crippen molar-refractivity contribution in [2.45, 2.75) is 31.7 Å². The second-order valence-corrected chi connectivity index (χ2v) is 8.56. The van der Waals surface area contributed by atoms with Gasteiger partial charge < -0.3 is 15.0 Å². The van der Waals surface area contributed by atoms with Gasteiger partial charge in [0, 0.05) is 32.0 Å². The Morgan fingerprint density at radius 3 is 2.71 bits per heavy atom. The number of aromatic nitrogens is 4. The maximum absolute atomic E-state index is 13.5. The lowest BCUT2D eigenvalue weighted by Gasteiger charge is -2.32. The van der Waals surface area contributed by atoms with Crippen LogP contribution in [0.15, 0.2) is 60.9 Å². The van der Waals surface area contributed by atoms with Crippen molar-refractivity contribution in [1.82, 2.24) is 24.9 Å². The number of alkyl halides is 3. The van der Waals surface area contributed by atoms with E-state index in [9.17, 15) is 13.2 Å². The first-order valence-electron chi connectivity index (χ1n) is 11.4. The molecule has 1 fully saturated rings. The van der Waals surface area contributed by atoms with E-state index in [1.807, 2.05) is 37.4 Å². The molecule has 1 aliphatic rings. The van der Waals surface area contributed by atoms with E-state index in [0.717, 1.165) is 43.6 Å². The van der Waals surface area contributed by atoms with Crippen LogP contribution < -0.4 is 15.0 Å². The Kier molecular flexibility index (Phi) is 6.29. The molecule has 0 saturated carbocycles. The van der Waals surface area contributed by atoms with Crippen LogP contribution in [0.3, 0.4) is 0 Å². The summed E-state index contributed by atoms with van der Waals surface area (Å²) in [6.45, 7) is 1.95. The van der Waals surface area contributed by atoms with Gasteiger partial charge in [0.1, 0.15) is 12.4 Å². The SMILES string of the molecule is CN(c1nnc(-c2ccc(C(F)(F)F)cc2OCc2ccccc2)n2ccnc12)C1CCCNC1. The third-order valence-electron chi connectivity index (χ3n) is 6.25. The fourth-order valence-electron chi connectivity index (χ4n) is 4.31. The van der Waals surface area contributed by atoms with Crippen LogP contribution >= 0.6 is 0 Å². The normalized spacial score (nSPS) is 16.4. The molecule has 3 heterocycles. The molecule has 1 unspecified atom stereocenters. The first kappa shape index (κ1) is 23.1. The highest BCUT2D eigenvalue weighted by Crippen LogP contribution is 2.37. The van der Waals surface area contributed by atoms with Crippen LogP contribution in [0.4, 0.5) is 19.0 Å². The Balaban J connectivity index is 1.55. The topological polar surface area (TPSA) is 67.6 Å². The zero-order valence-corrected chi connectivity index (χ0v) is 19.2. The number of nitrogens with one attached hydrogen (secondary N) is 1. The van der Waals surface area contributed by atoms with Crippen molar-refractivity contribution in [3.05, 3.63) is 72.1 Å². The number of halogens is 3. The van der Waals surface area contributed by atoms with Gasteiger partial charge in [0.15, 0.2) is 17.3 Å². The Labute approximate surface area is 200 Å². The van der Waals surface area contributed by atoms with E-state index in [0.29, 0.717) is 22.9 Å². The van der Waals surface area contributed by atoms with E-state index in [2.05, 4.69) is 25.4 Å². The number of fused-ring (bicyclic) bond motifs is 1. The fourth-order valence-corrected chi connectivity index (χ4v) is 4.31. The zero-order valence-electron chi connectivity index (χ0n) is 19.2. The van der Waals surface area contributed by atoms with E-state index in [-0.39, 0.29) is 18.4 Å². The minimum atomic E-state index is -4.50. The highest BCUT2D eigenvalue weighted by atomic mass is 19.4. The van der Waals surface area contributed by atoms with Gasteiger partial charge in [0.25, 0.3) is 0 Å². The van der Waals surface area contributed by atoms with Crippen LogP contribution in [-0.4, -0.2) is 45.8 Å². The number of benzene rings is 2. The molecular formula is C25H25F3N6O. The number of hydrogen-bond donors (Lipinski definition) is 1. The van der Waals surface area contributed by atoms with Crippen molar-refractivity contribution < 1.29 is 17.9 Å². The number of nitrogens with zero attached hydrogens (tertiary/aromatic N) is 5. The minimum absolute atomic E-state index is 0.0746. The number of piperidine rings is 1. The van der Waals surface area contributed by atoms with Crippen LogP contribution in [0.5, 0.6) is 5.75 Å². The van der Waals surface area contributed by atoms with E-state index in [1.165, 1.54) is 6.07 Å². The van der Waals surface area contributed by atoms with Crippen molar-refractivity contribution in [3.8, 4) is 17.1 Å². The maximum Gasteiger partial charge on any atom is 0.416 e. The second kappa shape index (κ2) is 9.53. The summed E-state index contributed by atoms with van der Waals surface area (Å²) in [5, 5.41) is 12.3. The number of rotatable bonds is 6. The lowest BCUT2D eigenvalue weighted by atomic mass is 10.1. The number of likely N-dealkylation sites (N-methyl/N-ethyl adjacent to an activating group) is 1. The first-order valence-corrected chi connectivity index (χ1v) is 11.4. The molecule has 2 aromatic heterocycles. The number of imidazole rings is 1. The van der Waals surface area contributed by atoms with Gasteiger partial charge in [0.05, 0.1) is 11.1 Å². The summed E-state index contributed by atoms with van der Waals surface area (Å²) in [5.41, 5.74) is 1.03. The van der Waals surface area contributed by atoms with E-state index >= 15 is 0 Å². The standard InChI is InChI=1S/C25H25F3N6O/c1-33(19-8-5-11-29-15-19)24-23-30-12-13-34(23)22(31-32-24)20-10-9-18(25(26,27)28)14-21(20)35-16-17-6-3-2-4-7-17/h2-4,6-7,9-10,12-14,19,29H,5,8,11,15-16H2,1H3. The Hall–Kier alpha value is -3.66. The summed E-state index contributed by atoms with van der Waals surface area (Å²) in [5.74, 6) is 1.05. The highest BCUT2D eigenvalue weighted by molar-refractivity contribution is 5.72. The molecular weight excluding hydrogens is 457 g/mol.